The van der Waals surface area contributed by atoms with Crippen molar-refractivity contribution >= 4 is 5.78 Å². The van der Waals surface area contributed by atoms with Crippen LogP contribution in [0.2, 0.25) is 0 Å². The Bertz CT molecular complexity index is 510. The van der Waals surface area contributed by atoms with E-state index in [9.17, 15) is 4.79 Å². The van der Waals surface area contributed by atoms with E-state index in [1.54, 1.807) is 0 Å². The van der Waals surface area contributed by atoms with E-state index in [1.807, 2.05) is 0 Å². The highest BCUT2D eigenvalue weighted by atomic mass is 16.1. The lowest BCUT2D eigenvalue weighted by molar-refractivity contribution is -0.169. The highest BCUT2D eigenvalue weighted by Crippen LogP contribution is 2.64. The quantitative estimate of drug-likeness (QED) is 0.421. The standard InChI is InChI=1S/C27H46O/c1-3-5-6-7-22-12-16-26(17-13-22)20-27(25(26)28)18-14-24(15-19-27)23-10-8-21(4-2)9-11-23/h21-24H,3-20H2,1-2H3/t21?,22?,23?,24-,26-,27-. The zero-order valence-corrected chi connectivity index (χ0v) is 18.9. The summed E-state index contributed by atoms with van der Waals surface area (Å²) in [5, 5.41) is 0. The van der Waals surface area contributed by atoms with Gasteiger partial charge in [-0.05, 0) is 94.3 Å². The first-order chi connectivity index (χ1) is 13.6. The Kier molecular flexibility index (Phi) is 6.58. The molecular weight excluding hydrogens is 340 g/mol. The van der Waals surface area contributed by atoms with Gasteiger partial charge in [-0.2, -0.15) is 0 Å². The van der Waals surface area contributed by atoms with Gasteiger partial charge in [0.1, 0.15) is 5.78 Å². The Morgan fingerprint density at radius 2 is 1.29 bits per heavy atom. The largest absolute Gasteiger partial charge is 0.298 e. The summed E-state index contributed by atoms with van der Waals surface area (Å²) in [4.78, 5) is 13.4. The van der Waals surface area contributed by atoms with Crippen LogP contribution in [0.4, 0.5) is 0 Å². The average Bonchev–Trinajstić information content (AvgIpc) is 2.75. The summed E-state index contributed by atoms with van der Waals surface area (Å²) in [7, 11) is 0. The lowest BCUT2D eigenvalue weighted by atomic mass is 9.42. The van der Waals surface area contributed by atoms with Gasteiger partial charge in [0.05, 0.1) is 0 Å². The van der Waals surface area contributed by atoms with E-state index in [2.05, 4.69) is 13.8 Å². The molecular formula is C27H46O. The average molecular weight is 387 g/mol. The van der Waals surface area contributed by atoms with Crippen molar-refractivity contribution in [2.75, 3.05) is 0 Å². The smallest absolute Gasteiger partial charge is 0.145 e. The minimum absolute atomic E-state index is 0.145. The van der Waals surface area contributed by atoms with Crippen molar-refractivity contribution in [1.82, 2.24) is 0 Å². The van der Waals surface area contributed by atoms with Gasteiger partial charge in [-0.15, -0.1) is 0 Å². The van der Waals surface area contributed by atoms with E-state index < -0.39 is 0 Å². The van der Waals surface area contributed by atoms with Crippen LogP contribution >= 0.6 is 0 Å². The van der Waals surface area contributed by atoms with Crippen molar-refractivity contribution in [3.8, 4) is 0 Å². The molecule has 0 bridgehead atoms. The molecule has 1 nitrogen and oxygen atoms in total. The number of hydrogen-bond donors (Lipinski definition) is 0. The first kappa shape index (κ1) is 20.9. The first-order valence-corrected chi connectivity index (χ1v) is 13.2. The lowest BCUT2D eigenvalue weighted by Crippen LogP contribution is -2.59. The van der Waals surface area contributed by atoms with Crippen LogP contribution in [0.1, 0.15) is 129 Å². The summed E-state index contributed by atoms with van der Waals surface area (Å²) in [6.07, 6.45) is 24.5. The van der Waals surface area contributed by atoms with Gasteiger partial charge in [0.25, 0.3) is 0 Å². The summed E-state index contributed by atoms with van der Waals surface area (Å²) < 4.78 is 0. The molecule has 0 unspecified atom stereocenters. The number of carbonyl (C=O) groups is 1. The predicted octanol–water partition coefficient (Wildman–Crippen LogP) is 8.11. The van der Waals surface area contributed by atoms with Crippen molar-refractivity contribution < 1.29 is 4.79 Å². The summed E-state index contributed by atoms with van der Waals surface area (Å²) >= 11 is 0. The van der Waals surface area contributed by atoms with Crippen molar-refractivity contribution in [2.24, 2.45) is 34.5 Å². The minimum Gasteiger partial charge on any atom is -0.298 e. The molecule has 0 aromatic rings. The minimum atomic E-state index is 0.145. The van der Waals surface area contributed by atoms with E-state index in [-0.39, 0.29) is 10.8 Å². The monoisotopic (exact) mass is 386 g/mol. The Labute approximate surface area is 174 Å². The molecule has 0 radical (unpaired) electrons. The lowest BCUT2D eigenvalue weighted by Gasteiger charge is -2.59. The number of hydrogen-bond acceptors (Lipinski definition) is 1. The SMILES string of the molecule is CCCCCC1CC[C@]2(CC1)C[C@@]1(CC[C@H](C3CCC(CC)CC3)CC1)C2=O. The Morgan fingerprint density at radius 3 is 1.82 bits per heavy atom. The topological polar surface area (TPSA) is 17.1 Å². The molecule has 28 heavy (non-hydrogen) atoms. The molecule has 0 aromatic heterocycles. The van der Waals surface area contributed by atoms with Crippen LogP contribution in [0, 0.1) is 34.5 Å². The fourth-order valence-corrected chi connectivity index (χ4v) is 8.01. The van der Waals surface area contributed by atoms with Gasteiger partial charge >= 0.3 is 0 Å². The molecule has 0 amide bonds. The molecule has 1 heteroatoms. The molecule has 2 spiro atoms. The zero-order valence-electron chi connectivity index (χ0n) is 18.9. The molecule has 4 aliphatic rings. The summed E-state index contributed by atoms with van der Waals surface area (Å²) in [5.74, 6) is 4.61. The van der Waals surface area contributed by atoms with E-state index in [0.29, 0.717) is 0 Å². The summed E-state index contributed by atoms with van der Waals surface area (Å²) in [5.41, 5.74) is 0.291. The summed E-state index contributed by atoms with van der Waals surface area (Å²) in [6, 6.07) is 0. The van der Waals surface area contributed by atoms with Crippen LogP contribution in [-0.4, -0.2) is 5.78 Å². The number of ketones is 1. The molecule has 0 aliphatic heterocycles. The number of carbonyl (C=O) groups excluding carboxylic acids is 1. The second-order valence-electron chi connectivity index (χ2n) is 11.5. The van der Waals surface area contributed by atoms with E-state index in [4.69, 9.17) is 0 Å². The molecule has 160 valence electrons. The molecule has 0 aromatic carbocycles. The van der Waals surface area contributed by atoms with Crippen molar-refractivity contribution in [1.29, 1.82) is 0 Å². The van der Waals surface area contributed by atoms with Gasteiger partial charge < -0.3 is 0 Å². The van der Waals surface area contributed by atoms with Gasteiger partial charge in [0.2, 0.25) is 0 Å². The van der Waals surface area contributed by atoms with Crippen molar-refractivity contribution in [3.05, 3.63) is 0 Å². The number of Topliss-reactive ketones (excluding diaryl/α,β-unsaturated/α-hetero) is 1. The van der Waals surface area contributed by atoms with Crippen LogP contribution in [-0.2, 0) is 4.79 Å². The van der Waals surface area contributed by atoms with Crippen LogP contribution in [0.5, 0.6) is 0 Å². The maximum Gasteiger partial charge on any atom is 0.145 e. The third-order valence-corrected chi connectivity index (χ3v) is 10.0. The fraction of sp³-hybridized carbons (Fsp3) is 0.963. The van der Waals surface area contributed by atoms with Gasteiger partial charge in [-0.25, -0.2) is 0 Å². The number of rotatable bonds is 6. The highest BCUT2D eigenvalue weighted by Gasteiger charge is 2.63. The van der Waals surface area contributed by atoms with Crippen LogP contribution in [0.25, 0.3) is 0 Å². The molecule has 4 rings (SSSR count). The van der Waals surface area contributed by atoms with E-state index >= 15 is 0 Å². The van der Waals surface area contributed by atoms with Gasteiger partial charge in [0, 0.05) is 10.8 Å². The van der Waals surface area contributed by atoms with Crippen molar-refractivity contribution in [2.45, 2.75) is 129 Å². The predicted molar refractivity (Wildman–Crippen MR) is 118 cm³/mol. The maximum atomic E-state index is 13.4. The first-order valence-electron chi connectivity index (χ1n) is 13.2. The van der Waals surface area contributed by atoms with Crippen LogP contribution in [0.3, 0.4) is 0 Å². The highest BCUT2D eigenvalue weighted by molar-refractivity contribution is 5.96. The zero-order chi connectivity index (χ0) is 19.6. The van der Waals surface area contributed by atoms with Gasteiger partial charge in [-0.3, -0.25) is 4.79 Å². The molecule has 0 saturated heterocycles. The fourth-order valence-electron chi connectivity index (χ4n) is 8.01. The molecule has 4 aliphatic carbocycles. The van der Waals surface area contributed by atoms with E-state index in [1.165, 1.54) is 116 Å². The Balaban J connectivity index is 1.23. The van der Waals surface area contributed by atoms with Crippen LogP contribution in [0.15, 0.2) is 0 Å². The maximum absolute atomic E-state index is 13.4. The molecule has 4 fully saturated rings. The van der Waals surface area contributed by atoms with E-state index in [0.717, 1.165) is 29.5 Å². The Hall–Kier alpha value is -0.330. The van der Waals surface area contributed by atoms with Crippen molar-refractivity contribution in [3.63, 3.8) is 0 Å². The summed E-state index contributed by atoms with van der Waals surface area (Å²) in [6.45, 7) is 4.67. The molecule has 4 saturated carbocycles. The normalized spacial score (nSPS) is 44.0. The second kappa shape index (κ2) is 8.81. The molecule has 0 heterocycles. The second-order valence-corrected chi connectivity index (χ2v) is 11.5. The molecule has 0 atom stereocenters. The Morgan fingerprint density at radius 1 is 0.714 bits per heavy atom. The van der Waals surface area contributed by atoms with Gasteiger partial charge in [0.15, 0.2) is 0 Å². The number of unbranched alkanes of at least 4 members (excludes halogenated alkanes) is 2. The third kappa shape index (κ3) is 3.98. The molecule has 0 N–H and O–H groups in total. The third-order valence-electron chi connectivity index (χ3n) is 10.0. The van der Waals surface area contributed by atoms with Gasteiger partial charge in [-0.1, -0.05) is 58.8 Å². The van der Waals surface area contributed by atoms with Crippen LogP contribution < -0.4 is 0 Å².